The number of nitrogens with zero attached hydrogens (tertiary/aromatic N) is 4. The molecule has 7 heteroatoms. The number of rotatable bonds is 5. The summed E-state index contributed by atoms with van der Waals surface area (Å²) in [6.07, 6.45) is -0.0932. The van der Waals surface area contributed by atoms with Crippen LogP contribution in [0.5, 0.6) is 0 Å². The predicted molar refractivity (Wildman–Crippen MR) is 74.1 cm³/mol. The highest BCUT2D eigenvalue weighted by Gasteiger charge is 2.24. The summed E-state index contributed by atoms with van der Waals surface area (Å²) in [5.41, 5.74) is 1.06. The molecule has 21 heavy (non-hydrogen) atoms. The van der Waals surface area contributed by atoms with E-state index in [1.54, 1.807) is 19.1 Å². The lowest BCUT2D eigenvalue weighted by Crippen LogP contribution is -2.21. The molecule has 0 spiro atoms. The number of aromatic nitrogens is 4. The summed E-state index contributed by atoms with van der Waals surface area (Å²) in [4.78, 5) is 11.0. The van der Waals surface area contributed by atoms with Crippen molar-refractivity contribution in [2.75, 3.05) is 0 Å². The van der Waals surface area contributed by atoms with Crippen LogP contribution in [0.25, 0.3) is 11.4 Å². The minimum Gasteiger partial charge on any atom is -0.481 e. The number of carboxylic acid groups (broad SMARTS) is 1. The first-order chi connectivity index (χ1) is 9.90. The summed E-state index contributed by atoms with van der Waals surface area (Å²) in [5.74, 6) is -0.876. The molecule has 6 nitrogen and oxygen atoms in total. The Labute approximate surface area is 121 Å². The predicted octanol–water partition coefficient (Wildman–Crippen LogP) is 2.46. The Hall–Kier alpha value is -2.31. The van der Waals surface area contributed by atoms with E-state index in [1.807, 2.05) is 13.8 Å². The largest absolute Gasteiger partial charge is 0.481 e. The van der Waals surface area contributed by atoms with Crippen molar-refractivity contribution < 1.29 is 14.3 Å². The molecular formula is C14H17FN4O2. The van der Waals surface area contributed by atoms with Gasteiger partial charge in [-0.15, -0.1) is 5.10 Å². The first kappa shape index (κ1) is 15.1. The van der Waals surface area contributed by atoms with E-state index in [-0.39, 0.29) is 18.2 Å². The van der Waals surface area contributed by atoms with E-state index in [0.717, 1.165) is 0 Å². The zero-order chi connectivity index (χ0) is 15.6. The fourth-order valence-electron chi connectivity index (χ4n) is 2.12. The topological polar surface area (TPSA) is 80.9 Å². The Morgan fingerprint density at radius 2 is 2.14 bits per heavy atom. The van der Waals surface area contributed by atoms with Gasteiger partial charge in [0.25, 0.3) is 0 Å². The number of carboxylic acids is 1. The highest BCUT2D eigenvalue weighted by Crippen LogP contribution is 2.27. The van der Waals surface area contributed by atoms with Crippen LogP contribution in [0.15, 0.2) is 18.2 Å². The summed E-state index contributed by atoms with van der Waals surface area (Å²) < 4.78 is 15.2. The van der Waals surface area contributed by atoms with Gasteiger partial charge >= 0.3 is 5.97 Å². The number of tetrazole rings is 1. The monoisotopic (exact) mass is 292 g/mol. The average molecular weight is 292 g/mol. The standard InChI is InChI=1S/C14H17FN4O2/c1-8(2)12(7-13(20)21)19-14(16-17-18-19)10-5-4-9(3)11(15)6-10/h4-6,8,12H,7H2,1-3H3,(H,20,21). The fraction of sp³-hybridized carbons (Fsp3) is 0.429. The summed E-state index contributed by atoms with van der Waals surface area (Å²) in [7, 11) is 0. The van der Waals surface area contributed by atoms with Gasteiger partial charge in [-0.1, -0.05) is 26.0 Å². The minimum atomic E-state index is -0.926. The van der Waals surface area contributed by atoms with Gasteiger partial charge in [-0.2, -0.15) is 0 Å². The SMILES string of the molecule is Cc1ccc(-c2nnnn2C(CC(=O)O)C(C)C)cc1F. The van der Waals surface area contributed by atoms with Gasteiger partial charge in [0.05, 0.1) is 12.5 Å². The maximum atomic E-state index is 13.7. The molecule has 1 atom stereocenters. The van der Waals surface area contributed by atoms with Crippen LogP contribution in [0.1, 0.15) is 31.9 Å². The molecule has 1 heterocycles. The second-order valence-corrected chi connectivity index (χ2v) is 5.32. The molecule has 0 aliphatic heterocycles. The molecule has 1 N–H and O–H groups in total. The molecule has 0 saturated carbocycles. The molecule has 0 saturated heterocycles. The molecule has 0 aliphatic carbocycles. The lowest BCUT2D eigenvalue weighted by atomic mass is 10.0. The molecule has 0 radical (unpaired) electrons. The lowest BCUT2D eigenvalue weighted by Gasteiger charge is -2.20. The number of halogens is 1. The summed E-state index contributed by atoms with van der Waals surface area (Å²) in [6.45, 7) is 5.47. The van der Waals surface area contributed by atoms with E-state index in [1.165, 1.54) is 10.7 Å². The summed E-state index contributed by atoms with van der Waals surface area (Å²) >= 11 is 0. The summed E-state index contributed by atoms with van der Waals surface area (Å²) in [5, 5.41) is 20.4. The van der Waals surface area contributed by atoms with E-state index >= 15 is 0 Å². The molecule has 0 fully saturated rings. The van der Waals surface area contributed by atoms with Crippen LogP contribution in [0, 0.1) is 18.7 Å². The van der Waals surface area contributed by atoms with Crippen LogP contribution in [-0.4, -0.2) is 31.3 Å². The maximum absolute atomic E-state index is 13.7. The van der Waals surface area contributed by atoms with Crippen LogP contribution in [-0.2, 0) is 4.79 Å². The third-order valence-electron chi connectivity index (χ3n) is 3.39. The number of aryl methyl sites for hydroxylation is 1. The minimum absolute atomic E-state index is 0.0265. The molecule has 2 rings (SSSR count). The third kappa shape index (κ3) is 3.24. The highest BCUT2D eigenvalue weighted by atomic mass is 19.1. The number of hydrogen-bond donors (Lipinski definition) is 1. The van der Waals surface area contributed by atoms with Gasteiger partial charge in [-0.3, -0.25) is 4.79 Å². The van der Waals surface area contributed by atoms with E-state index in [9.17, 15) is 9.18 Å². The van der Waals surface area contributed by atoms with Crippen LogP contribution in [0.3, 0.4) is 0 Å². The smallest absolute Gasteiger partial charge is 0.305 e. The Morgan fingerprint density at radius 1 is 1.43 bits per heavy atom. The Kier molecular flexibility index (Phi) is 4.30. The first-order valence-corrected chi connectivity index (χ1v) is 6.66. The van der Waals surface area contributed by atoms with Crippen LogP contribution in [0.2, 0.25) is 0 Å². The maximum Gasteiger partial charge on any atom is 0.305 e. The van der Waals surface area contributed by atoms with Crippen molar-refractivity contribution in [1.82, 2.24) is 20.2 Å². The van der Waals surface area contributed by atoms with Gasteiger partial charge in [-0.25, -0.2) is 9.07 Å². The van der Waals surface area contributed by atoms with E-state index < -0.39 is 12.0 Å². The Balaban J connectivity index is 2.45. The molecule has 0 amide bonds. The third-order valence-corrected chi connectivity index (χ3v) is 3.39. The lowest BCUT2D eigenvalue weighted by molar-refractivity contribution is -0.138. The second-order valence-electron chi connectivity index (χ2n) is 5.32. The van der Waals surface area contributed by atoms with Gasteiger partial charge in [-0.05, 0) is 34.9 Å². The normalized spacial score (nSPS) is 12.6. The Bertz CT molecular complexity index is 654. The molecule has 0 bridgehead atoms. The highest BCUT2D eigenvalue weighted by molar-refractivity contribution is 5.67. The average Bonchev–Trinajstić information content (AvgIpc) is 2.87. The zero-order valence-electron chi connectivity index (χ0n) is 12.1. The quantitative estimate of drug-likeness (QED) is 0.915. The van der Waals surface area contributed by atoms with Gasteiger partial charge < -0.3 is 5.11 Å². The van der Waals surface area contributed by atoms with Gasteiger partial charge in [0.1, 0.15) is 5.82 Å². The van der Waals surface area contributed by atoms with Crippen LogP contribution in [0.4, 0.5) is 4.39 Å². The number of aliphatic carboxylic acids is 1. The van der Waals surface area contributed by atoms with Gasteiger partial charge in [0.2, 0.25) is 0 Å². The fourth-order valence-corrected chi connectivity index (χ4v) is 2.12. The van der Waals surface area contributed by atoms with Gasteiger partial charge in [0.15, 0.2) is 5.82 Å². The van der Waals surface area contributed by atoms with Crippen molar-refractivity contribution in [2.45, 2.75) is 33.2 Å². The van der Waals surface area contributed by atoms with E-state index in [2.05, 4.69) is 15.5 Å². The molecular weight excluding hydrogens is 275 g/mol. The molecule has 1 unspecified atom stereocenters. The first-order valence-electron chi connectivity index (χ1n) is 6.66. The van der Waals surface area contributed by atoms with Crippen molar-refractivity contribution in [1.29, 1.82) is 0 Å². The number of benzene rings is 1. The van der Waals surface area contributed by atoms with Crippen molar-refractivity contribution in [2.24, 2.45) is 5.92 Å². The molecule has 1 aromatic carbocycles. The van der Waals surface area contributed by atoms with Crippen LogP contribution >= 0.6 is 0 Å². The molecule has 0 aliphatic rings. The molecule has 112 valence electrons. The zero-order valence-corrected chi connectivity index (χ0v) is 12.1. The van der Waals surface area contributed by atoms with Crippen molar-refractivity contribution in [3.63, 3.8) is 0 Å². The van der Waals surface area contributed by atoms with Crippen molar-refractivity contribution in [3.05, 3.63) is 29.6 Å². The van der Waals surface area contributed by atoms with Crippen molar-refractivity contribution >= 4 is 5.97 Å². The van der Waals surface area contributed by atoms with E-state index in [4.69, 9.17) is 5.11 Å². The van der Waals surface area contributed by atoms with Gasteiger partial charge in [0, 0.05) is 5.56 Å². The Morgan fingerprint density at radius 3 is 2.71 bits per heavy atom. The number of carbonyl (C=O) groups is 1. The second kappa shape index (κ2) is 5.99. The van der Waals surface area contributed by atoms with Crippen molar-refractivity contribution in [3.8, 4) is 11.4 Å². The molecule has 2 aromatic rings. The van der Waals surface area contributed by atoms with E-state index in [0.29, 0.717) is 17.0 Å². The summed E-state index contributed by atoms with van der Waals surface area (Å²) in [6, 6.07) is 4.33. The number of hydrogen-bond acceptors (Lipinski definition) is 4. The molecule has 1 aromatic heterocycles. The van der Waals surface area contributed by atoms with Crippen LogP contribution < -0.4 is 0 Å².